The van der Waals surface area contributed by atoms with Crippen LogP contribution >= 0.6 is 11.8 Å². The normalized spacial score (nSPS) is 10.4. The molecule has 0 spiro atoms. The number of nitrogens with zero attached hydrogens (tertiary/aromatic N) is 1. The van der Waals surface area contributed by atoms with Crippen LogP contribution in [0.3, 0.4) is 0 Å². The number of thioether (sulfide) groups is 1. The van der Waals surface area contributed by atoms with E-state index in [9.17, 15) is 0 Å². The molecule has 2 heteroatoms. The van der Waals surface area contributed by atoms with Crippen LogP contribution in [0.4, 0.5) is 0 Å². The van der Waals surface area contributed by atoms with Crippen LogP contribution in [-0.2, 0) is 5.75 Å². The molecule has 98 valence electrons. The highest BCUT2D eigenvalue weighted by Gasteiger charge is 2.05. The largest absolute Gasteiger partial charge is 0.264 e. The molecule has 1 aromatic heterocycles. The second-order valence-electron chi connectivity index (χ2n) is 4.51. The first-order chi connectivity index (χ1) is 9.93. The van der Waals surface area contributed by atoms with Crippen LogP contribution in [0.5, 0.6) is 0 Å². The Balaban J connectivity index is 1.84. The van der Waals surface area contributed by atoms with E-state index in [4.69, 9.17) is 0 Å². The van der Waals surface area contributed by atoms with E-state index in [0.717, 1.165) is 5.75 Å². The Kier molecular flexibility index (Phi) is 4.14. The van der Waals surface area contributed by atoms with E-state index in [2.05, 4.69) is 65.6 Å². The lowest BCUT2D eigenvalue weighted by Crippen LogP contribution is -1.85. The molecule has 0 saturated carbocycles. The fourth-order valence-electron chi connectivity index (χ4n) is 2.09. The van der Waals surface area contributed by atoms with Gasteiger partial charge in [-0.3, -0.25) is 4.98 Å². The molecule has 0 amide bonds. The zero-order valence-electron chi connectivity index (χ0n) is 11.1. The van der Waals surface area contributed by atoms with E-state index in [0.29, 0.717) is 0 Å². The molecule has 0 fully saturated rings. The number of hydrogen-bond donors (Lipinski definition) is 0. The summed E-state index contributed by atoms with van der Waals surface area (Å²) < 4.78 is 0. The molecule has 0 aliphatic heterocycles. The van der Waals surface area contributed by atoms with Crippen LogP contribution in [-0.4, -0.2) is 4.98 Å². The zero-order valence-corrected chi connectivity index (χ0v) is 11.9. The molecule has 0 saturated heterocycles. The molecule has 2 aromatic carbocycles. The van der Waals surface area contributed by atoms with Crippen LogP contribution in [0.2, 0.25) is 0 Å². The summed E-state index contributed by atoms with van der Waals surface area (Å²) in [4.78, 5) is 5.51. The van der Waals surface area contributed by atoms with Gasteiger partial charge in [0.05, 0.1) is 0 Å². The van der Waals surface area contributed by atoms with E-state index in [1.54, 1.807) is 0 Å². The third-order valence-electron chi connectivity index (χ3n) is 3.10. The summed E-state index contributed by atoms with van der Waals surface area (Å²) in [6, 6.07) is 23.1. The average Bonchev–Trinajstić information content (AvgIpc) is 2.55. The topological polar surface area (TPSA) is 12.9 Å². The van der Waals surface area contributed by atoms with Crippen molar-refractivity contribution in [2.45, 2.75) is 10.6 Å². The highest BCUT2D eigenvalue weighted by atomic mass is 32.2. The Hall–Kier alpha value is -2.06. The van der Waals surface area contributed by atoms with Gasteiger partial charge in [0.25, 0.3) is 0 Å². The van der Waals surface area contributed by atoms with E-state index >= 15 is 0 Å². The number of aromatic nitrogens is 1. The number of rotatable bonds is 4. The molecule has 3 rings (SSSR count). The lowest BCUT2D eigenvalue weighted by atomic mass is 10.1. The number of hydrogen-bond acceptors (Lipinski definition) is 2. The summed E-state index contributed by atoms with van der Waals surface area (Å²) in [6.07, 6.45) is 3.73. The van der Waals surface area contributed by atoms with E-state index in [1.807, 2.05) is 30.2 Å². The van der Waals surface area contributed by atoms with Crippen molar-refractivity contribution in [2.24, 2.45) is 0 Å². The fraction of sp³-hybridized carbons (Fsp3) is 0.0556. The van der Waals surface area contributed by atoms with Crippen LogP contribution in [0.1, 0.15) is 5.56 Å². The average molecular weight is 277 g/mol. The molecule has 20 heavy (non-hydrogen) atoms. The van der Waals surface area contributed by atoms with Gasteiger partial charge in [0.15, 0.2) is 0 Å². The Morgan fingerprint density at radius 1 is 0.800 bits per heavy atom. The van der Waals surface area contributed by atoms with Gasteiger partial charge in [0.2, 0.25) is 0 Å². The second kappa shape index (κ2) is 6.40. The Bertz CT molecular complexity index is 665. The minimum Gasteiger partial charge on any atom is -0.264 e. The van der Waals surface area contributed by atoms with Gasteiger partial charge in [0.1, 0.15) is 0 Å². The van der Waals surface area contributed by atoms with Crippen molar-refractivity contribution in [1.82, 2.24) is 4.98 Å². The Morgan fingerprint density at radius 2 is 1.60 bits per heavy atom. The Labute approximate surface area is 123 Å². The van der Waals surface area contributed by atoms with Gasteiger partial charge in [-0.25, -0.2) is 0 Å². The summed E-state index contributed by atoms with van der Waals surface area (Å²) in [5.41, 5.74) is 3.77. The minimum atomic E-state index is 0.984. The van der Waals surface area contributed by atoms with Gasteiger partial charge in [0, 0.05) is 28.6 Å². The standard InChI is InChI=1S/C18H15NS/c1-2-7-15(8-3-1)14-20-18-11-5-4-10-17(18)16-9-6-12-19-13-16/h1-13H,14H2. The van der Waals surface area contributed by atoms with Crippen molar-refractivity contribution >= 4 is 11.8 Å². The van der Waals surface area contributed by atoms with Crippen molar-refractivity contribution in [1.29, 1.82) is 0 Å². The predicted octanol–water partition coefficient (Wildman–Crippen LogP) is 5.04. The highest BCUT2D eigenvalue weighted by Crippen LogP contribution is 2.32. The molecular formula is C18H15NS. The molecule has 1 nitrogen and oxygen atoms in total. The highest BCUT2D eigenvalue weighted by molar-refractivity contribution is 7.98. The lowest BCUT2D eigenvalue weighted by Gasteiger charge is -2.09. The van der Waals surface area contributed by atoms with Gasteiger partial charge >= 0.3 is 0 Å². The number of pyridine rings is 1. The zero-order chi connectivity index (χ0) is 13.6. The minimum absolute atomic E-state index is 0.984. The lowest BCUT2D eigenvalue weighted by molar-refractivity contribution is 1.31. The van der Waals surface area contributed by atoms with E-state index in [1.165, 1.54) is 21.6 Å². The smallest absolute Gasteiger partial charge is 0.0346 e. The quantitative estimate of drug-likeness (QED) is 0.620. The maximum absolute atomic E-state index is 4.21. The van der Waals surface area contributed by atoms with Crippen molar-refractivity contribution in [3.8, 4) is 11.1 Å². The molecule has 0 aliphatic rings. The third-order valence-corrected chi connectivity index (χ3v) is 4.24. The van der Waals surface area contributed by atoms with Gasteiger partial charge in [-0.1, -0.05) is 54.6 Å². The van der Waals surface area contributed by atoms with Gasteiger partial charge < -0.3 is 0 Å². The molecular weight excluding hydrogens is 262 g/mol. The molecule has 0 atom stereocenters. The number of benzene rings is 2. The van der Waals surface area contributed by atoms with Crippen LogP contribution < -0.4 is 0 Å². The summed E-state index contributed by atoms with van der Waals surface area (Å²) in [5.74, 6) is 0.984. The van der Waals surface area contributed by atoms with Crippen molar-refractivity contribution in [3.05, 3.63) is 84.7 Å². The summed E-state index contributed by atoms with van der Waals surface area (Å²) >= 11 is 1.87. The monoisotopic (exact) mass is 277 g/mol. The molecule has 0 radical (unpaired) electrons. The summed E-state index contributed by atoms with van der Waals surface area (Å²) in [5, 5.41) is 0. The first-order valence-corrected chi connectivity index (χ1v) is 7.58. The van der Waals surface area contributed by atoms with Gasteiger partial charge in [-0.05, 0) is 23.3 Å². The van der Waals surface area contributed by atoms with Crippen molar-refractivity contribution in [3.63, 3.8) is 0 Å². The maximum atomic E-state index is 4.21. The first-order valence-electron chi connectivity index (χ1n) is 6.59. The maximum Gasteiger partial charge on any atom is 0.0346 e. The summed E-state index contributed by atoms with van der Waals surface area (Å²) in [6.45, 7) is 0. The first kappa shape index (κ1) is 12.9. The van der Waals surface area contributed by atoms with Crippen LogP contribution in [0.15, 0.2) is 84.0 Å². The fourth-order valence-corrected chi connectivity index (χ4v) is 3.12. The molecule has 3 aromatic rings. The van der Waals surface area contributed by atoms with Crippen molar-refractivity contribution < 1.29 is 0 Å². The van der Waals surface area contributed by atoms with Crippen LogP contribution in [0, 0.1) is 0 Å². The van der Waals surface area contributed by atoms with Gasteiger partial charge in [-0.15, -0.1) is 11.8 Å². The van der Waals surface area contributed by atoms with E-state index < -0.39 is 0 Å². The third kappa shape index (κ3) is 3.09. The second-order valence-corrected chi connectivity index (χ2v) is 5.53. The Morgan fingerprint density at radius 3 is 2.40 bits per heavy atom. The summed E-state index contributed by atoms with van der Waals surface area (Å²) in [7, 11) is 0. The predicted molar refractivity (Wildman–Crippen MR) is 85.7 cm³/mol. The SMILES string of the molecule is c1ccc(CSc2ccccc2-c2cccnc2)cc1. The molecule has 0 aliphatic carbocycles. The van der Waals surface area contributed by atoms with Crippen LogP contribution in [0.25, 0.3) is 11.1 Å². The molecule has 0 unspecified atom stereocenters. The molecule has 1 heterocycles. The molecule has 0 N–H and O–H groups in total. The van der Waals surface area contributed by atoms with Gasteiger partial charge in [-0.2, -0.15) is 0 Å². The van der Waals surface area contributed by atoms with E-state index in [-0.39, 0.29) is 0 Å². The van der Waals surface area contributed by atoms with Crippen molar-refractivity contribution in [2.75, 3.05) is 0 Å². The molecule has 0 bridgehead atoms.